The van der Waals surface area contributed by atoms with Gasteiger partial charge in [-0.15, -0.1) is 0 Å². The van der Waals surface area contributed by atoms with Crippen molar-refractivity contribution in [2.24, 2.45) is 11.8 Å². The third kappa shape index (κ3) is 12.7. The predicted molar refractivity (Wildman–Crippen MR) is 237 cm³/mol. The lowest BCUT2D eigenvalue weighted by Gasteiger charge is -2.10. The second-order valence-electron chi connectivity index (χ2n) is 15.0. The van der Waals surface area contributed by atoms with Gasteiger partial charge in [0.2, 0.25) is 0 Å². The lowest BCUT2D eigenvalue weighted by molar-refractivity contribution is 0.0438. The minimum Gasteiger partial charge on any atom is -0.490 e. The van der Waals surface area contributed by atoms with E-state index in [1.54, 1.807) is 97.1 Å². The van der Waals surface area contributed by atoms with E-state index in [1.807, 2.05) is 62.4 Å². The zero-order chi connectivity index (χ0) is 43.8. The Morgan fingerprint density at radius 2 is 0.629 bits per heavy atom. The van der Waals surface area contributed by atoms with Crippen LogP contribution in [0.15, 0.2) is 146 Å². The molecule has 62 heavy (non-hydrogen) atoms. The molecule has 0 aliphatic carbocycles. The summed E-state index contributed by atoms with van der Waals surface area (Å²) in [6, 6.07) is 41.9. The molecule has 0 heterocycles. The van der Waals surface area contributed by atoms with Crippen LogP contribution in [0.25, 0.3) is 22.3 Å². The zero-order valence-corrected chi connectivity index (χ0v) is 35.3. The average molecular weight is 835 g/mol. The van der Waals surface area contributed by atoms with Gasteiger partial charge in [-0.1, -0.05) is 89.1 Å². The predicted octanol–water partition coefficient (Wildman–Crippen LogP) is 11.3. The Bertz CT molecular complexity index is 2210. The van der Waals surface area contributed by atoms with E-state index >= 15 is 0 Å². The summed E-state index contributed by atoms with van der Waals surface area (Å²) in [4.78, 5) is 50.3. The van der Waals surface area contributed by atoms with Gasteiger partial charge in [-0.3, -0.25) is 0 Å². The lowest BCUT2D eigenvalue weighted by atomic mass is 10.0. The molecule has 0 saturated carbocycles. The summed E-state index contributed by atoms with van der Waals surface area (Å²) in [5.74, 6) is 0.856. The van der Waals surface area contributed by atoms with Gasteiger partial charge in [-0.05, 0) is 131 Å². The molecule has 0 aliphatic heterocycles. The number of benzene rings is 6. The van der Waals surface area contributed by atoms with Gasteiger partial charge >= 0.3 is 23.9 Å². The molecule has 0 amide bonds. The number of rotatable bonds is 19. The van der Waals surface area contributed by atoms with Gasteiger partial charge in [0.15, 0.2) is 0 Å². The molecule has 0 spiro atoms. The Hall–Kier alpha value is -7.20. The van der Waals surface area contributed by atoms with Crippen LogP contribution in [0.1, 0.15) is 82.0 Å². The topological polar surface area (TPSA) is 124 Å². The van der Waals surface area contributed by atoms with E-state index in [9.17, 15) is 19.2 Å². The summed E-state index contributed by atoms with van der Waals surface area (Å²) >= 11 is 0. The minimum atomic E-state index is -0.505. The summed E-state index contributed by atoms with van der Waals surface area (Å²) in [6.07, 6.45) is 1.89. The Morgan fingerprint density at radius 3 is 0.935 bits per heavy atom. The molecule has 10 nitrogen and oxygen atoms in total. The molecule has 2 atom stereocenters. The molecule has 0 radical (unpaired) electrons. The molecule has 0 aliphatic rings. The van der Waals surface area contributed by atoms with Crippen LogP contribution in [0.2, 0.25) is 0 Å². The van der Waals surface area contributed by atoms with Crippen molar-refractivity contribution in [2.45, 2.75) is 40.5 Å². The van der Waals surface area contributed by atoms with Crippen molar-refractivity contribution in [1.29, 1.82) is 0 Å². The Morgan fingerprint density at radius 1 is 0.371 bits per heavy atom. The zero-order valence-electron chi connectivity index (χ0n) is 35.3. The van der Waals surface area contributed by atoms with Crippen molar-refractivity contribution >= 4 is 23.9 Å². The van der Waals surface area contributed by atoms with Crippen LogP contribution >= 0.6 is 0 Å². The van der Waals surface area contributed by atoms with Crippen molar-refractivity contribution in [3.63, 3.8) is 0 Å². The molecule has 10 heteroatoms. The molecular formula is C52H50O10. The molecule has 0 saturated heterocycles. The van der Waals surface area contributed by atoms with E-state index in [0.717, 1.165) is 35.1 Å². The number of esters is 4. The fourth-order valence-corrected chi connectivity index (χ4v) is 5.89. The number of ether oxygens (including phenoxy) is 6. The second kappa shape index (κ2) is 21.9. The van der Waals surface area contributed by atoms with Crippen LogP contribution in [0.3, 0.4) is 0 Å². The van der Waals surface area contributed by atoms with Crippen molar-refractivity contribution in [3.05, 3.63) is 168 Å². The maximum Gasteiger partial charge on any atom is 0.343 e. The number of hydrogen-bond donors (Lipinski definition) is 0. The van der Waals surface area contributed by atoms with E-state index in [4.69, 9.17) is 28.4 Å². The maximum atomic E-state index is 12.8. The largest absolute Gasteiger partial charge is 0.490 e. The number of carbonyl (C=O) groups is 4. The van der Waals surface area contributed by atoms with E-state index in [2.05, 4.69) is 13.8 Å². The van der Waals surface area contributed by atoms with Crippen LogP contribution < -0.4 is 18.9 Å². The van der Waals surface area contributed by atoms with Gasteiger partial charge in [-0.2, -0.15) is 0 Å². The lowest BCUT2D eigenvalue weighted by Crippen LogP contribution is -2.11. The SMILES string of the molecule is CC[C@H](C)COC(=O)c1ccc(-c2ccc(OC(=O)c3ccc(OCCOc4ccc(C(=O)Oc5ccc(-c6ccc(C(=O)OC[C@@H](C)CC)cc6)cc5)cc4)cc3)cc2)cc1. The van der Waals surface area contributed by atoms with Gasteiger partial charge in [0.1, 0.15) is 36.2 Å². The highest BCUT2D eigenvalue weighted by Gasteiger charge is 2.14. The molecule has 0 fully saturated rings. The molecule has 6 aromatic carbocycles. The Kier molecular flexibility index (Phi) is 15.7. The van der Waals surface area contributed by atoms with E-state index < -0.39 is 11.9 Å². The average Bonchev–Trinajstić information content (AvgIpc) is 3.32. The number of carbonyl (C=O) groups excluding carboxylic acids is 4. The first kappa shape index (κ1) is 44.4. The summed E-state index contributed by atoms with van der Waals surface area (Å²) in [5.41, 5.74) is 5.37. The molecular weight excluding hydrogens is 785 g/mol. The summed E-state index contributed by atoms with van der Waals surface area (Å²) in [7, 11) is 0. The Balaban J connectivity index is 0.893. The summed E-state index contributed by atoms with van der Waals surface area (Å²) in [6.45, 7) is 9.49. The minimum absolute atomic E-state index is 0.246. The van der Waals surface area contributed by atoms with Crippen LogP contribution in [-0.2, 0) is 9.47 Å². The first-order chi connectivity index (χ1) is 30.1. The van der Waals surface area contributed by atoms with Crippen LogP contribution in [0.4, 0.5) is 0 Å². The molecule has 6 rings (SSSR count). The van der Waals surface area contributed by atoms with Crippen molar-refractivity contribution < 1.29 is 47.6 Å². The molecule has 6 aromatic rings. The molecule has 0 bridgehead atoms. The fourth-order valence-electron chi connectivity index (χ4n) is 5.89. The third-order valence-electron chi connectivity index (χ3n) is 10.2. The fraction of sp³-hybridized carbons (Fsp3) is 0.231. The number of hydrogen-bond acceptors (Lipinski definition) is 10. The quantitative estimate of drug-likeness (QED) is 0.0442. The third-order valence-corrected chi connectivity index (χ3v) is 10.2. The van der Waals surface area contributed by atoms with Gasteiger partial charge in [0, 0.05) is 0 Å². The van der Waals surface area contributed by atoms with Gasteiger partial charge in [0.05, 0.1) is 35.5 Å². The van der Waals surface area contributed by atoms with E-state index in [1.165, 1.54) is 0 Å². The van der Waals surface area contributed by atoms with Gasteiger partial charge in [-0.25, -0.2) is 19.2 Å². The highest BCUT2D eigenvalue weighted by atomic mass is 16.5. The van der Waals surface area contributed by atoms with Crippen molar-refractivity contribution in [1.82, 2.24) is 0 Å². The van der Waals surface area contributed by atoms with Crippen molar-refractivity contribution in [3.8, 4) is 45.3 Å². The highest BCUT2D eigenvalue weighted by molar-refractivity contribution is 5.93. The Labute approximate surface area is 362 Å². The molecule has 318 valence electrons. The first-order valence-electron chi connectivity index (χ1n) is 20.7. The van der Waals surface area contributed by atoms with E-state index in [0.29, 0.717) is 70.3 Å². The van der Waals surface area contributed by atoms with Gasteiger partial charge in [0.25, 0.3) is 0 Å². The normalized spacial score (nSPS) is 11.7. The van der Waals surface area contributed by atoms with Crippen molar-refractivity contribution in [2.75, 3.05) is 26.4 Å². The smallest absolute Gasteiger partial charge is 0.343 e. The second-order valence-corrected chi connectivity index (χ2v) is 15.0. The van der Waals surface area contributed by atoms with E-state index in [-0.39, 0.29) is 25.2 Å². The van der Waals surface area contributed by atoms with Crippen LogP contribution in [-0.4, -0.2) is 50.3 Å². The standard InChI is InChI=1S/C52H50O10/c1-5-35(3)33-59-49(53)41-11-7-37(8-12-41)39-15-27-47(28-16-39)61-51(55)43-19-23-45(24-20-43)57-31-32-58-46-25-21-44(22-26-46)52(56)62-48-29-17-40(18-30-48)38-9-13-42(14-10-38)50(54)60-34-36(4)6-2/h7-30,35-36H,5-6,31-34H2,1-4H3/t35-,36-/m0/s1. The molecule has 0 aromatic heterocycles. The van der Waals surface area contributed by atoms with Gasteiger partial charge < -0.3 is 28.4 Å². The van der Waals surface area contributed by atoms with Crippen LogP contribution in [0.5, 0.6) is 23.0 Å². The van der Waals surface area contributed by atoms with Crippen LogP contribution in [0, 0.1) is 11.8 Å². The maximum absolute atomic E-state index is 12.8. The monoisotopic (exact) mass is 834 g/mol. The molecule has 0 unspecified atom stereocenters. The highest BCUT2D eigenvalue weighted by Crippen LogP contribution is 2.26. The molecule has 0 N–H and O–H groups in total. The summed E-state index contributed by atoms with van der Waals surface area (Å²) < 4.78 is 33.5. The first-order valence-corrected chi connectivity index (χ1v) is 20.7. The summed E-state index contributed by atoms with van der Waals surface area (Å²) in [5, 5.41) is 0.